The molecule has 1 saturated carbocycles. The zero-order valence-corrected chi connectivity index (χ0v) is 16.1. The number of nitrogens with zero attached hydrogens (tertiary/aromatic N) is 2. The number of methoxy groups -OCH3 is 1. The Labute approximate surface area is 163 Å². The minimum absolute atomic E-state index is 0.0398. The first-order valence-corrected chi connectivity index (χ1v) is 9.62. The molecule has 3 rings (SSSR count). The van der Waals surface area contributed by atoms with Crippen LogP contribution in [0.1, 0.15) is 38.5 Å². The third-order valence-electron chi connectivity index (χ3n) is 5.02. The van der Waals surface area contributed by atoms with Crippen LogP contribution in [-0.2, 0) is 19.1 Å². The number of ether oxygens (including phenoxy) is 1. The number of fused-ring (bicyclic) bond motifs is 1. The van der Waals surface area contributed by atoms with Gasteiger partial charge in [-0.1, -0.05) is 37.8 Å². The lowest BCUT2D eigenvalue weighted by Gasteiger charge is -2.30. The normalized spacial score (nSPS) is 23.1. The van der Waals surface area contributed by atoms with Crippen LogP contribution >= 0.6 is 12.2 Å². The van der Waals surface area contributed by atoms with E-state index in [2.05, 4.69) is 15.0 Å². The molecule has 8 heteroatoms. The second-order valence-electron chi connectivity index (χ2n) is 6.93. The van der Waals surface area contributed by atoms with Gasteiger partial charge in [-0.25, -0.2) is 9.79 Å². The van der Waals surface area contributed by atoms with Gasteiger partial charge in [0.25, 0.3) is 0 Å². The number of amides is 2. The van der Waals surface area contributed by atoms with Crippen molar-refractivity contribution in [1.29, 1.82) is 0 Å². The number of hydrogen-bond donors (Lipinski definition) is 1. The summed E-state index contributed by atoms with van der Waals surface area (Å²) in [5.41, 5.74) is 0.705. The minimum atomic E-state index is -0.643. The molecule has 0 spiro atoms. The van der Waals surface area contributed by atoms with Crippen molar-refractivity contribution >= 4 is 40.8 Å². The third kappa shape index (κ3) is 4.50. The first kappa shape index (κ1) is 19.4. The lowest BCUT2D eigenvalue weighted by atomic mass is 9.92. The molecule has 7 nitrogen and oxygen atoms in total. The van der Waals surface area contributed by atoms with E-state index in [4.69, 9.17) is 12.2 Å². The van der Waals surface area contributed by atoms with Crippen molar-refractivity contribution in [3.05, 3.63) is 23.8 Å². The number of aliphatic imine (C=N–C) groups is 1. The van der Waals surface area contributed by atoms with E-state index in [9.17, 15) is 14.4 Å². The molecule has 27 heavy (non-hydrogen) atoms. The highest BCUT2D eigenvalue weighted by Gasteiger charge is 2.36. The molecule has 1 heterocycles. The summed E-state index contributed by atoms with van der Waals surface area (Å²) in [5.74, 6) is -1.67. The van der Waals surface area contributed by atoms with E-state index in [-0.39, 0.29) is 29.5 Å². The van der Waals surface area contributed by atoms with Crippen molar-refractivity contribution in [3.8, 4) is 0 Å². The largest absolute Gasteiger partial charge is 0.465 e. The molecule has 1 unspecified atom stereocenters. The van der Waals surface area contributed by atoms with Gasteiger partial charge in [-0.2, -0.15) is 0 Å². The first-order chi connectivity index (χ1) is 13.0. The molecule has 0 aromatic heterocycles. The monoisotopic (exact) mass is 389 g/mol. The summed E-state index contributed by atoms with van der Waals surface area (Å²) >= 11 is 5.22. The molecule has 2 aliphatic carbocycles. The Morgan fingerprint density at radius 1 is 1.30 bits per heavy atom. The summed E-state index contributed by atoms with van der Waals surface area (Å²) in [6, 6.07) is 0.160. The van der Waals surface area contributed by atoms with E-state index in [0.29, 0.717) is 11.3 Å². The highest BCUT2D eigenvalue weighted by molar-refractivity contribution is 7.80. The van der Waals surface area contributed by atoms with E-state index in [1.54, 1.807) is 6.08 Å². The van der Waals surface area contributed by atoms with Crippen LogP contribution in [0.5, 0.6) is 0 Å². The second kappa shape index (κ2) is 8.56. The predicted octanol–water partition coefficient (Wildman–Crippen LogP) is 1.68. The van der Waals surface area contributed by atoms with Gasteiger partial charge in [-0.05, 0) is 31.1 Å². The summed E-state index contributed by atoms with van der Waals surface area (Å²) < 4.78 is 4.68. The van der Waals surface area contributed by atoms with Crippen LogP contribution in [0, 0.1) is 5.92 Å². The van der Waals surface area contributed by atoms with Crippen molar-refractivity contribution in [2.24, 2.45) is 10.9 Å². The second-order valence-corrected chi connectivity index (χ2v) is 7.29. The van der Waals surface area contributed by atoms with Crippen LogP contribution in [0.3, 0.4) is 0 Å². The van der Waals surface area contributed by atoms with Gasteiger partial charge in [-0.3, -0.25) is 14.5 Å². The number of thiocarbonyl (C=S) groups is 1. The standard InChI is InChI=1S/C19H23N3O4S/c1-26-18(25)12-8-9-14-15(10-12)21-19(27)22(17(14)24)11-16(23)20-13-6-4-2-3-5-7-13/h8-10,13-14H,2-7,11H2,1H3,(H,20,23). The summed E-state index contributed by atoms with van der Waals surface area (Å²) in [7, 11) is 1.29. The molecule has 1 aliphatic heterocycles. The Morgan fingerprint density at radius 3 is 2.67 bits per heavy atom. The van der Waals surface area contributed by atoms with Crippen molar-refractivity contribution in [2.75, 3.05) is 13.7 Å². The fourth-order valence-electron chi connectivity index (χ4n) is 3.57. The van der Waals surface area contributed by atoms with Crippen molar-refractivity contribution in [3.63, 3.8) is 0 Å². The van der Waals surface area contributed by atoms with Gasteiger partial charge >= 0.3 is 5.97 Å². The van der Waals surface area contributed by atoms with E-state index in [1.807, 2.05) is 0 Å². The molecule has 0 saturated heterocycles. The highest BCUT2D eigenvalue weighted by atomic mass is 32.1. The van der Waals surface area contributed by atoms with E-state index >= 15 is 0 Å². The van der Waals surface area contributed by atoms with Crippen LogP contribution < -0.4 is 5.32 Å². The molecule has 0 bridgehead atoms. The molecule has 0 radical (unpaired) electrons. The van der Waals surface area contributed by atoms with Crippen LogP contribution in [0.25, 0.3) is 0 Å². The van der Waals surface area contributed by atoms with Gasteiger partial charge < -0.3 is 10.1 Å². The summed E-state index contributed by atoms with van der Waals surface area (Å²) in [5, 5.41) is 3.06. The summed E-state index contributed by atoms with van der Waals surface area (Å²) in [4.78, 5) is 42.3. The van der Waals surface area contributed by atoms with Gasteiger partial charge in [0, 0.05) is 6.04 Å². The van der Waals surface area contributed by atoms with Crippen molar-refractivity contribution in [1.82, 2.24) is 10.2 Å². The molecule has 1 atom stereocenters. The smallest absolute Gasteiger partial charge is 0.337 e. The molecular formula is C19H23N3O4S. The summed E-state index contributed by atoms with van der Waals surface area (Å²) in [6.07, 6.45) is 11.2. The molecule has 1 N–H and O–H groups in total. The van der Waals surface area contributed by atoms with Crippen LogP contribution in [0.4, 0.5) is 0 Å². The Bertz CT molecular complexity index is 748. The Morgan fingerprint density at radius 2 is 2.00 bits per heavy atom. The average Bonchev–Trinajstić information content (AvgIpc) is 2.92. The molecule has 2 amide bonds. The first-order valence-electron chi connectivity index (χ1n) is 9.21. The summed E-state index contributed by atoms with van der Waals surface area (Å²) in [6.45, 7) is -0.136. The molecule has 144 valence electrons. The van der Waals surface area contributed by atoms with Gasteiger partial charge in [-0.15, -0.1) is 0 Å². The van der Waals surface area contributed by atoms with Crippen LogP contribution in [0.2, 0.25) is 0 Å². The van der Waals surface area contributed by atoms with Crippen LogP contribution in [-0.4, -0.2) is 53.2 Å². The molecule has 3 aliphatic rings. The quantitative estimate of drug-likeness (QED) is 0.449. The topological polar surface area (TPSA) is 88.1 Å². The van der Waals surface area contributed by atoms with Crippen molar-refractivity contribution < 1.29 is 19.1 Å². The number of nitrogens with one attached hydrogen (secondary N) is 1. The van der Waals surface area contributed by atoms with Crippen LogP contribution in [0.15, 0.2) is 28.8 Å². The van der Waals surface area contributed by atoms with Gasteiger partial charge in [0.1, 0.15) is 6.54 Å². The maximum absolute atomic E-state index is 12.8. The zero-order chi connectivity index (χ0) is 19.4. The number of hydrogen-bond acceptors (Lipinski definition) is 5. The number of rotatable bonds is 4. The fraction of sp³-hybridized carbons (Fsp3) is 0.526. The van der Waals surface area contributed by atoms with Gasteiger partial charge in [0.15, 0.2) is 0 Å². The zero-order valence-electron chi connectivity index (χ0n) is 15.3. The van der Waals surface area contributed by atoms with E-state index in [0.717, 1.165) is 25.7 Å². The Kier molecular flexibility index (Phi) is 6.15. The predicted molar refractivity (Wildman–Crippen MR) is 104 cm³/mol. The van der Waals surface area contributed by atoms with Gasteiger partial charge in [0.05, 0.1) is 24.3 Å². The third-order valence-corrected chi connectivity index (χ3v) is 5.33. The lowest BCUT2D eigenvalue weighted by Crippen LogP contribution is -2.51. The SMILES string of the molecule is COC(=O)C1=CC2=NC(=S)N(CC(=O)NC3CCCCCC3)C(=O)C2C=C1. The Hall–Kier alpha value is -2.35. The number of carbonyl (C=O) groups is 3. The lowest BCUT2D eigenvalue weighted by molar-refractivity contribution is -0.135. The average molecular weight is 389 g/mol. The molecular weight excluding hydrogens is 366 g/mol. The van der Waals surface area contributed by atoms with E-state index < -0.39 is 11.9 Å². The number of carbonyl (C=O) groups excluding carboxylic acids is 3. The van der Waals surface area contributed by atoms with E-state index in [1.165, 1.54) is 37.0 Å². The highest BCUT2D eigenvalue weighted by Crippen LogP contribution is 2.23. The number of esters is 1. The maximum atomic E-state index is 12.8. The van der Waals surface area contributed by atoms with Crippen molar-refractivity contribution in [2.45, 2.75) is 44.6 Å². The maximum Gasteiger partial charge on any atom is 0.337 e. The molecule has 0 aromatic carbocycles. The van der Waals surface area contributed by atoms with Gasteiger partial charge in [0.2, 0.25) is 16.9 Å². The Balaban J connectivity index is 1.67. The minimum Gasteiger partial charge on any atom is -0.465 e. The fourth-order valence-corrected chi connectivity index (χ4v) is 3.83. The number of allylic oxidation sites excluding steroid dienone is 1. The molecule has 0 aromatic rings. The molecule has 1 fully saturated rings.